The van der Waals surface area contributed by atoms with Gasteiger partial charge >= 0.3 is 0 Å². The van der Waals surface area contributed by atoms with Crippen molar-refractivity contribution < 1.29 is 50.0 Å². The first-order valence-corrected chi connectivity index (χ1v) is 28.4. The summed E-state index contributed by atoms with van der Waals surface area (Å²) >= 11 is 0. The van der Waals surface area contributed by atoms with Crippen molar-refractivity contribution in [2.24, 2.45) is 0 Å². The molecule has 0 aliphatic carbocycles. The summed E-state index contributed by atoms with van der Waals surface area (Å²) in [6.45, 7) is 3.45. The minimum Gasteiger partial charge on any atom is -0.394 e. The van der Waals surface area contributed by atoms with E-state index in [4.69, 9.17) is 9.47 Å². The van der Waals surface area contributed by atoms with Crippen LogP contribution in [0.25, 0.3) is 0 Å². The normalized spacial score (nSPS) is 20.8. The monoisotopic (exact) mass is 966 g/mol. The fourth-order valence-electron chi connectivity index (χ4n) is 9.00. The van der Waals surface area contributed by atoms with Crippen molar-refractivity contribution in [3.8, 4) is 0 Å². The highest BCUT2D eigenvalue weighted by Gasteiger charge is 2.44. The molecule has 0 spiro atoms. The van der Waals surface area contributed by atoms with E-state index in [1.54, 1.807) is 0 Å². The molecule has 8 N–H and O–H groups in total. The zero-order valence-corrected chi connectivity index (χ0v) is 43.6. The minimum absolute atomic E-state index is 0.242. The lowest BCUT2D eigenvalue weighted by Crippen LogP contribution is -2.60. The third kappa shape index (κ3) is 34.6. The van der Waals surface area contributed by atoms with Crippen LogP contribution in [-0.2, 0) is 14.3 Å². The Kier molecular flexibility index (Phi) is 43.9. The second-order valence-corrected chi connectivity index (χ2v) is 20.0. The Morgan fingerprint density at radius 3 is 1.31 bits per heavy atom. The molecule has 11 heteroatoms. The second-order valence-electron chi connectivity index (χ2n) is 20.0. The molecule has 1 fully saturated rings. The maximum Gasteiger partial charge on any atom is 0.249 e. The van der Waals surface area contributed by atoms with Crippen LogP contribution < -0.4 is 5.32 Å². The maximum absolute atomic E-state index is 13.2. The third-order valence-corrected chi connectivity index (χ3v) is 13.7. The van der Waals surface area contributed by atoms with Crippen LogP contribution in [0.2, 0.25) is 0 Å². The van der Waals surface area contributed by atoms with Crippen LogP contribution in [0.3, 0.4) is 0 Å². The number of carbonyl (C=O) groups is 1. The number of amides is 1. The predicted octanol–water partition coefficient (Wildman–Crippen LogP) is 11.5. The van der Waals surface area contributed by atoms with Gasteiger partial charge in [0.25, 0.3) is 0 Å². The highest BCUT2D eigenvalue weighted by molar-refractivity contribution is 5.80. The number of hydrogen-bond acceptors (Lipinski definition) is 10. The van der Waals surface area contributed by atoms with Gasteiger partial charge in [-0.05, 0) is 64.2 Å². The molecule has 0 aromatic carbocycles. The fourth-order valence-corrected chi connectivity index (χ4v) is 9.00. The molecule has 400 valence electrons. The molecule has 0 aromatic rings. The van der Waals surface area contributed by atoms with Gasteiger partial charge in [0.05, 0.1) is 25.4 Å². The SMILES string of the molecule is CCCCCCCCCCC/C=C/CC/C=C/CC/C=C/CCCC(O)C(O)C(COC1OC(CO)C(O)C(O)C1O)NC(=O)C(O)CCCCCCCCCCCCCCCCCCCCC. The molecule has 11 nitrogen and oxygen atoms in total. The highest BCUT2D eigenvalue weighted by Crippen LogP contribution is 2.23. The Bertz CT molecular complexity index is 1200. The van der Waals surface area contributed by atoms with E-state index in [1.165, 1.54) is 161 Å². The summed E-state index contributed by atoms with van der Waals surface area (Å²) < 4.78 is 11.1. The van der Waals surface area contributed by atoms with Crippen LogP contribution in [0.1, 0.15) is 251 Å². The van der Waals surface area contributed by atoms with Crippen LogP contribution >= 0.6 is 0 Å². The van der Waals surface area contributed by atoms with Crippen molar-refractivity contribution in [2.45, 2.75) is 306 Å². The lowest BCUT2D eigenvalue weighted by Gasteiger charge is -2.40. The summed E-state index contributed by atoms with van der Waals surface area (Å²) in [5.74, 6) is -0.709. The first-order chi connectivity index (χ1) is 33.2. The molecule has 1 saturated heterocycles. The average molecular weight is 966 g/mol. The number of unbranched alkanes of at least 4 members (excludes halogenated alkanes) is 30. The van der Waals surface area contributed by atoms with Crippen molar-refractivity contribution in [3.05, 3.63) is 36.5 Å². The van der Waals surface area contributed by atoms with E-state index in [-0.39, 0.29) is 12.8 Å². The van der Waals surface area contributed by atoms with Gasteiger partial charge in [-0.3, -0.25) is 4.79 Å². The molecule has 0 radical (unpaired) electrons. The maximum atomic E-state index is 13.2. The molecule has 9 unspecified atom stereocenters. The Morgan fingerprint density at radius 2 is 0.882 bits per heavy atom. The van der Waals surface area contributed by atoms with Gasteiger partial charge in [0.1, 0.15) is 36.6 Å². The summed E-state index contributed by atoms with van der Waals surface area (Å²) in [4.78, 5) is 13.2. The zero-order valence-electron chi connectivity index (χ0n) is 43.6. The molecule has 0 aromatic heterocycles. The van der Waals surface area contributed by atoms with E-state index in [1.807, 2.05) is 0 Å². The van der Waals surface area contributed by atoms with Gasteiger partial charge < -0.3 is 50.5 Å². The summed E-state index contributed by atoms with van der Waals surface area (Å²) in [5, 5.41) is 76.0. The number of rotatable bonds is 48. The molecule has 1 aliphatic rings. The van der Waals surface area contributed by atoms with Gasteiger partial charge in [-0.2, -0.15) is 0 Å². The molecule has 1 heterocycles. The lowest BCUT2D eigenvalue weighted by atomic mass is 9.98. The Morgan fingerprint density at radius 1 is 0.500 bits per heavy atom. The van der Waals surface area contributed by atoms with Gasteiger partial charge in [-0.1, -0.05) is 224 Å². The number of aliphatic hydroxyl groups is 7. The zero-order chi connectivity index (χ0) is 49.7. The number of aliphatic hydroxyl groups excluding tert-OH is 7. The van der Waals surface area contributed by atoms with E-state index in [0.717, 1.165) is 44.9 Å². The molecule has 9 atom stereocenters. The summed E-state index contributed by atoms with van der Waals surface area (Å²) in [5.41, 5.74) is 0. The van der Waals surface area contributed by atoms with Gasteiger partial charge in [0.15, 0.2) is 6.29 Å². The molecule has 1 amide bonds. The first-order valence-electron chi connectivity index (χ1n) is 28.4. The van der Waals surface area contributed by atoms with Crippen LogP contribution in [-0.4, -0.2) is 110 Å². The van der Waals surface area contributed by atoms with E-state index >= 15 is 0 Å². The Labute approximate surface area is 416 Å². The largest absolute Gasteiger partial charge is 0.394 e. The molecule has 68 heavy (non-hydrogen) atoms. The summed E-state index contributed by atoms with van der Waals surface area (Å²) in [7, 11) is 0. The van der Waals surface area contributed by atoms with E-state index in [2.05, 4.69) is 55.6 Å². The molecule has 1 rings (SSSR count). The molecule has 0 saturated carbocycles. The van der Waals surface area contributed by atoms with Gasteiger partial charge in [-0.15, -0.1) is 0 Å². The lowest BCUT2D eigenvalue weighted by molar-refractivity contribution is -0.303. The number of allylic oxidation sites excluding steroid dienone is 6. The standard InChI is InChI=1S/C57H107NO10/c1-3-5-7-9-11-13-15-17-19-21-23-24-25-27-28-30-32-34-36-38-40-42-44-49(60)52(62)48(47-67-57-55(65)54(64)53(63)51(46-59)68-57)58-56(66)50(61)45-43-41-39-37-35-33-31-29-26-22-20-18-16-14-12-10-8-6-4-2/h23-24,28,30,36,38,48-55,57,59-65H,3-22,25-27,29,31-35,37,39-47H2,1-2H3,(H,58,66)/b24-23+,30-28+,38-36+. The number of nitrogens with one attached hydrogen (secondary N) is 1. The first kappa shape index (κ1) is 64.3. The summed E-state index contributed by atoms with van der Waals surface area (Å²) in [6, 6.07) is -1.19. The predicted molar refractivity (Wildman–Crippen MR) is 279 cm³/mol. The molecular formula is C57H107NO10. The van der Waals surface area contributed by atoms with Crippen LogP contribution in [0.4, 0.5) is 0 Å². The topological polar surface area (TPSA) is 189 Å². The van der Waals surface area contributed by atoms with Crippen LogP contribution in [0.15, 0.2) is 36.5 Å². The van der Waals surface area contributed by atoms with Crippen LogP contribution in [0.5, 0.6) is 0 Å². The summed E-state index contributed by atoms with van der Waals surface area (Å²) in [6.07, 6.45) is 44.8. The molecule has 1 aliphatic heterocycles. The average Bonchev–Trinajstić information content (AvgIpc) is 3.34. The van der Waals surface area contributed by atoms with Crippen molar-refractivity contribution >= 4 is 5.91 Å². The quantitative estimate of drug-likeness (QED) is 0.0215. The molecule has 0 bridgehead atoms. The van der Waals surface area contributed by atoms with Crippen molar-refractivity contribution in [1.82, 2.24) is 5.32 Å². The van der Waals surface area contributed by atoms with Gasteiger partial charge in [0, 0.05) is 0 Å². The van der Waals surface area contributed by atoms with Crippen molar-refractivity contribution in [2.75, 3.05) is 13.2 Å². The van der Waals surface area contributed by atoms with E-state index in [9.17, 15) is 40.5 Å². The van der Waals surface area contributed by atoms with Crippen molar-refractivity contribution in [1.29, 1.82) is 0 Å². The van der Waals surface area contributed by atoms with Crippen molar-refractivity contribution in [3.63, 3.8) is 0 Å². The smallest absolute Gasteiger partial charge is 0.249 e. The second kappa shape index (κ2) is 46.4. The Hall–Kier alpha value is -1.67. The van der Waals surface area contributed by atoms with E-state index < -0.39 is 74.2 Å². The third-order valence-electron chi connectivity index (χ3n) is 13.7. The number of hydrogen-bond donors (Lipinski definition) is 8. The van der Waals surface area contributed by atoms with Crippen LogP contribution in [0, 0.1) is 0 Å². The fraction of sp³-hybridized carbons (Fsp3) is 0.877. The Balaban J connectivity index is 2.37. The number of carbonyl (C=O) groups excluding carboxylic acids is 1. The minimum atomic E-state index is -1.67. The molecular weight excluding hydrogens is 859 g/mol. The van der Waals surface area contributed by atoms with Gasteiger partial charge in [0.2, 0.25) is 5.91 Å². The highest BCUT2D eigenvalue weighted by atomic mass is 16.7. The van der Waals surface area contributed by atoms with Gasteiger partial charge in [-0.25, -0.2) is 0 Å². The van der Waals surface area contributed by atoms with E-state index in [0.29, 0.717) is 19.3 Å². The number of ether oxygens (including phenoxy) is 2.